The molecule has 0 atom stereocenters. The minimum atomic E-state index is -0.596. The van der Waals surface area contributed by atoms with Crippen LogP contribution in [-0.2, 0) is 34.2 Å². The number of aryl methyl sites for hydroxylation is 2. The quantitative estimate of drug-likeness (QED) is 0.0303. The van der Waals surface area contributed by atoms with Gasteiger partial charge in [-0.2, -0.15) is 0 Å². The Morgan fingerprint density at radius 2 is 1.16 bits per heavy atom. The van der Waals surface area contributed by atoms with E-state index >= 15 is 0 Å². The molecule has 18 nitrogen and oxygen atoms in total. The lowest BCUT2D eigenvalue weighted by atomic mass is 10.2. The van der Waals surface area contributed by atoms with Gasteiger partial charge in [-0.05, 0) is 67.3 Å². The Morgan fingerprint density at radius 3 is 1.73 bits per heavy atom. The number of rotatable bonds is 16. The molecule has 0 amide bonds. The van der Waals surface area contributed by atoms with Crippen LogP contribution < -0.4 is 22.2 Å². The molecule has 9 aromatic rings. The molecule has 406 valence electrons. The molecule has 0 aliphatic heterocycles. The summed E-state index contributed by atoms with van der Waals surface area (Å²) < 4.78 is 6.01. The van der Waals surface area contributed by atoms with Crippen molar-refractivity contribution in [3.63, 3.8) is 0 Å². The van der Waals surface area contributed by atoms with E-state index in [-0.39, 0.29) is 56.8 Å². The van der Waals surface area contributed by atoms with Gasteiger partial charge in [0.15, 0.2) is 26.3 Å². The predicted octanol–water partition coefficient (Wildman–Crippen LogP) is 11.7. The molecule has 0 fully saturated rings. The molecule has 0 unspecified atom stereocenters. The summed E-state index contributed by atoms with van der Waals surface area (Å²) in [5.74, 6) is 2.11. The molecule has 77 heavy (non-hydrogen) atoms. The van der Waals surface area contributed by atoms with Crippen molar-refractivity contribution >= 4 is 97.8 Å². The zero-order chi connectivity index (χ0) is 52.7. The van der Waals surface area contributed by atoms with Crippen LogP contribution >= 0.6 is 81.6 Å². The smallest absolute Gasteiger partial charge is 0.357 e. The van der Waals surface area contributed by atoms with Gasteiger partial charge < -0.3 is 24.7 Å². The highest BCUT2D eigenvalue weighted by Gasteiger charge is 2.12. The molecule has 0 saturated carbocycles. The summed E-state index contributed by atoms with van der Waals surface area (Å²) in [5.41, 5.74) is 4.94. The Hall–Kier alpha value is -6.47. The molecule has 0 aliphatic rings. The van der Waals surface area contributed by atoms with E-state index in [1.54, 1.807) is 61.2 Å². The number of fused-ring (bicyclic) bond motifs is 1. The SMILES string of the molecule is C.C.C.CCCc1cc(=O)[nH]c(SCc2ccc(Cl)nc2)n1.CCOC(=O)c1cc(=O)[nH]c(SCc2cccnc2)n1.Cc1cc(=O)[nH]c(SCc2nc3ccccc3s2)n1.O=c1ccnc(SCc2ccc(Cl)nc2)[nH]1. The number of pyridine rings is 3. The lowest BCUT2D eigenvalue weighted by Crippen LogP contribution is -2.15. The number of nitrogens with one attached hydrogen (secondary N) is 4. The molecule has 0 bridgehead atoms. The second-order valence-corrected chi connectivity index (χ2v) is 20.7. The second kappa shape index (κ2) is 34.3. The Balaban J connectivity index is 0.000000267. The number of hydrogen-bond acceptors (Lipinski definition) is 19. The number of ether oxygens (including phenoxy) is 1. The third kappa shape index (κ3) is 23.4. The maximum Gasteiger partial charge on any atom is 0.357 e. The summed E-state index contributed by atoms with van der Waals surface area (Å²) in [4.78, 5) is 101. The highest BCUT2D eigenvalue weighted by molar-refractivity contribution is 7.99. The summed E-state index contributed by atoms with van der Waals surface area (Å²) in [6, 6.07) is 24.7. The average Bonchev–Trinajstić information content (AvgIpc) is 3.81. The molecular formula is C52H58Cl2N12O6S5. The number of carbonyl (C=O) groups is 1. The number of aromatic amines is 4. The number of para-hydroxylation sites is 1. The molecule has 0 radical (unpaired) electrons. The topological polar surface area (TPSA) is 261 Å². The van der Waals surface area contributed by atoms with Crippen molar-refractivity contribution in [3.8, 4) is 0 Å². The number of hydrogen-bond donors (Lipinski definition) is 4. The van der Waals surface area contributed by atoms with Gasteiger partial charge in [-0.1, -0.05) is 136 Å². The Morgan fingerprint density at radius 1 is 0.584 bits per heavy atom. The lowest BCUT2D eigenvalue weighted by Gasteiger charge is -2.04. The minimum absolute atomic E-state index is 0. The average molecular weight is 1180 g/mol. The standard InChI is InChI=1S/C13H14ClN3OS.C13H13N3O3S.C13H11N3OS2.C10H8ClN3OS.3CH4/c1-2-3-10-6-12(18)17-13(16-10)19-8-9-4-5-11(14)15-7-9;1-2-19-12(18)10-6-11(17)16-13(15-10)20-8-9-4-3-5-14-7-9;1-8-6-11(17)16-13(14-8)18-7-12-15-9-4-2-3-5-10(9)19-12;11-8-2-1-7(5-13-8)6-16-10-12-4-3-9(15)14-10;;;/h4-7H,2-3,8H2,1H3,(H,16,17,18);3-7H,2,8H2,1H3,(H,15,16,17);2-6H,7H2,1H3,(H,14,16,17);1-5H,6H2,(H,12,14,15);3*1H4. The van der Waals surface area contributed by atoms with E-state index in [1.165, 1.54) is 70.1 Å². The molecule has 0 aliphatic carbocycles. The third-order valence-corrected chi connectivity index (χ3v) is 14.5. The minimum Gasteiger partial charge on any atom is -0.461 e. The molecule has 8 aromatic heterocycles. The largest absolute Gasteiger partial charge is 0.461 e. The van der Waals surface area contributed by atoms with Crippen LogP contribution in [0.5, 0.6) is 0 Å². The number of esters is 1. The Kier molecular flexibility index (Phi) is 28.9. The van der Waals surface area contributed by atoms with Crippen LogP contribution in [0.25, 0.3) is 10.2 Å². The van der Waals surface area contributed by atoms with E-state index in [0.29, 0.717) is 53.9 Å². The van der Waals surface area contributed by atoms with Gasteiger partial charge in [-0.15, -0.1) is 11.3 Å². The van der Waals surface area contributed by atoms with Crippen LogP contribution in [0.1, 0.15) is 86.1 Å². The first-order valence-corrected chi connectivity index (χ1v) is 27.8. The van der Waals surface area contributed by atoms with Gasteiger partial charge in [0.05, 0.1) is 22.6 Å². The van der Waals surface area contributed by atoms with Gasteiger partial charge in [-0.25, -0.2) is 39.7 Å². The number of thiazole rings is 1. The van der Waals surface area contributed by atoms with Crippen LogP contribution in [0, 0.1) is 6.92 Å². The number of carbonyl (C=O) groups excluding carboxylic acids is 1. The molecule has 25 heteroatoms. The molecular weight excluding hydrogens is 1120 g/mol. The monoisotopic (exact) mass is 1180 g/mol. The summed E-state index contributed by atoms with van der Waals surface area (Å²) >= 11 is 18.8. The number of benzene rings is 1. The van der Waals surface area contributed by atoms with E-state index in [9.17, 15) is 24.0 Å². The first-order chi connectivity index (χ1) is 35.8. The summed E-state index contributed by atoms with van der Waals surface area (Å²) in [6.45, 7) is 5.82. The van der Waals surface area contributed by atoms with Crippen LogP contribution in [0.15, 0.2) is 156 Å². The van der Waals surface area contributed by atoms with Crippen molar-refractivity contribution in [2.45, 2.75) is 99.5 Å². The first-order valence-electron chi connectivity index (χ1n) is 22.3. The molecule has 9 rings (SSSR count). The Bertz CT molecular complexity index is 3430. The van der Waals surface area contributed by atoms with Crippen molar-refractivity contribution in [2.75, 3.05) is 6.61 Å². The van der Waals surface area contributed by atoms with E-state index < -0.39 is 5.97 Å². The summed E-state index contributed by atoms with van der Waals surface area (Å²) in [5, 5.41) is 4.25. The van der Waals surface area contributed by atoms with Crippen LogP contribution in [0.3, 0.4) is 0 Å². The van der Waals surface area contributed by atoms with E-state index in [4.69, 9.17) is 27.9 Å². The van der Waals surface area contributed by atoms with Crippen LogP contribution in [-0.4, -0.2) is 72.4 Å². The van der Waals surface area contributed by atoms with Gasteiger partial charge in [0, 0.05) is 83.9 Å². The van der Waals surface area contributed by atoms with E-state index in [0.717, 1.165) is 57.5 Å². The fraction of sp³-hybridized carbons (Fsp3) is 0.250. The number of aromatic nitrogens is 12. The highest BCUT2D eigenvalue weighted by atomic mass is 35.5. The maximum atomic E-state index is 11.6. The number of nitrogens with zero attached hydrogens (tertiary/aromatic N) is 8. The Labute approximate surface area is 476 Å². The third-order valence-electron chi connectivity index (χ3n) is 9.08. The zero-order valence-corrected chi connectivity index (χ0v) is 45.3. The normalized spacial score (nSPS) is 10.1. The summed E-state index contributed by atoms with van der Waals surface area (Å²) in [6.07, 6.45) is 10.1. The van der Waals surface area contributed by atoms with Crippen LogP contribution in [0.4, 0.5) is 0 Å². The van der Waals surface area contributed by atoms with Gasteiger partial charge in [0.2, 0.25) is 0 Å². The van der Waals surface area contributed by atoms with Gasteiger partial charge >= 0.3 is 5.97 Å². The van der Waals surface area contributed by atoms with Crippen molar-refractivity contribution < 1.29 is 9.53 Å². The van der Waals surface area contributed by atoms with E-state index in [1.807, 2.05) is 49.4 Å². The number of H-pyrrole nitrogens is 4. The first kappa shape index (κ1) is 64.8. The lowest BCUT2D eigenvalue weighted by molar-refractivity contribution is 0.0518. The molecule has 4 N–H and O–H groups in total. The molecule has 0 saturated heterocycles. The molecule has 8 heterocycles. The van der Waals surface area contributed by atoms with Crippen molar-refractivity contribution in [2.24, 2.45) is 0 Å². The van der Waals surface area contributed by atoms with E-state index in [2.05, 4.69) is 72.8 Å². The van der Waals surface area contributed by atoms with Crippen molar-refractivity contribution in [1.29, 1.82) is 0 Å². The van der Waals surface area contributed by atoms with Crippen molar-refractivity contribution in [3.05, 3.63) is 206 Å². The van der Waals surface area contributed by atoms with Crippen LogP contribution in [0.2, 0.25) is 10.3 Å². The van der Waals surface area contributed by atoms with Gasteiger partial charge in [0.25, 0.3) is 22.2 Å². The molecule has 0 spiro atoms. The predicted molar refractivity (Wildman–Crippen MR) is 315 cm³/mol. The number of halogens is 2. The maximum absolute atomic E-state index is 11.6. The summed E-state index contributed by atoms with van der Waals surface area (Å²) in [7, 11) is 0. The number of thioether (sulfide) groups is 4. The zero-order valence-electron chi connectivity index (χ0n) is 39.7. The fourth-order valence-electron chi connectivity index (χ4n) is 5.83. The second-order valence-electron chi connectivity index (χ2n) is 14.9. The highest BCUT2D eigenvalue weighted by Crippen LogP contribution is 2.27. The molecule has 1 aromatic carbocycles. The fourth-order valence-corrected chi connectivity index (χ4v) is 10.4. The van der Waals surface area contributed by atoms with Gasteiger partial charge in [-0.3, -0.25) is 24.2 Å². The van der Waals surface area contributed by atoms with Crippen molar-refractivity contribution in [1.82, 2.24) is 59.8 Å². The van der Waals surface area contributed by atoms with Gasteiger partial charge in [0.1, 0.15) is 15.3 Å².